The van der Waals surface area contributed by atoms with Gasteiger partial charge in [-0.05, 0) is 49.9 Å². The van der Waals surface area contributed by atoms with E-state index in [1.165, 1.54) is 6.07 Å². The number of benzene rings is 2. The van der Waals surface area contributed by atoms with Crippen molar-refractivity contribution < 1.29 is 4.39 Å². The summed E-state index contributed by atoms with van der Waals surface area (Å²) < 4.78 is 14.3. The molecule has 108 valence electrons. The van der Waals surface area contributed by atoms with Gasteiger partial charge in [0.2, 0.25) is 0 Å². The smallest absolute Gasteiger partial charge is 0.147 e. The number of nitriles is 1. The monoisotopic (exact) mass is 283 g/mol. The van der Waals surface area contributed by atoms with Gasteiger partial charge in [-0.1, -0.05) is 12.1 Å². The second kappa shape index (κ2) is 6.38. The molecule has 3 nitrogen and oxygen atoms in total. The van der Waals surface area contributed by atoms with Crippen LogP contribution in [0.1, 0.15) is 24.1 Å². The average molecular weight is 283 g/mol. The molecule has 0 saturated carbocycles. The zero-order valence-corrected chi connectivity index (χ0v) is 12.4. The van der Waals surface area contributed by atoms with Crippen molar-refractivity contribution in [3.05, 3.63) is 59.4 Å². The molecule has 0 radical (unpaired) electrons. The first kappa shape index (κ1) is 15.0. The number of hydrogen-bond donors (Lipinski definition) is 1. The number of nitrogens with one attached hydrogen (secondary N) is 1. The first-order chi connectivity index (χ1) is 10.1. The predicted octanol–water partition coefficient (Wildman–Crippen LogP) is 3.75. The molecule has 0 spiro atoms. The fourth-order valence-electron chi connectivity index (χ4n) is 2.28. The molecule has 0 aliphatic carbocycles. The Bertz CT molecular complexity index is 659. The Labute approximate surface area is 124 Å². The molecule has 2 aromatic carbocycles. The summed E-state index contributed by atoms with van der Waals surface area (Å²) in [6.07, 6.45) is 0. The summed E-state index contributed by atoms with van der Waals surface area (Å²) in [6.45, 7) is 1.99. The van der Waals surface area contributed by atoms with E-state index in [9.17, 15) is 4.39 Å². The number of nitrogens with zero attached hydrogens (tertiary/aromatic N) is 2. The SMILES string of the molecule is CNC(C)c1cccc(F)c1N(C)c1ccc(C#N)cc1. The second-order valence-corrected chi connectivity index (χ2v) is 4.91. The van der Waals surface area contributed by atoms with Crippen molar-refractivity contribution in [3.8, 4) is 6.07 Å². The van der Waals surface area contributed by atoms with E-state index in [-0.39, 0.29) is 11.9 Å². The van der Waals surface area contributed by atoms with E-state index in [1.54, 1.807) is 23.1 Å². The number of rotatable bonds is 4. The molecule has 1 unspecified atom stereocenters. The molecule has 2 aromatic rings. The Morgan fingerprint density at radius 2 is 1.86 bits per heavy atom. The Morgan fingerprint density at radius 3 is 2.43 bits per heavy atom. The normalized spacial score (nSPS) is 11.8. The summed E-state index contributed by atoms with van der Waals surface area (Å²) in [7, 11) is 3.67. The number of anilines is 2. The van der Waals surface area contributed by atoms with Gasteiger partial charge < -0.3 is 10.2 Å². The Kier molecular flexibility index (Phi) is 4.56. The third kappa shape index (κ3) is 3.04. The highest BCUT2D eigenvalue weighted by Gasteiger charge is 2.17. The Balaban J connectivity index is 2.47. The van der Waals surface area contributed by atoms with Crippen LogP contribution in [-0.2, 0) is 0 Å². The van der Waals surface area contributed by atoms with E-state index in [2.05, 4.69) is 11.4 Å². The van der Waals surface area contributed by atoms with Gasteiger partial charge in [0.15, 0.2) is 0 Å². The lowest BCUT2D eigenvalue weighted by Gasteiger charge is -2.25. The van der Waals surface area contributed by atoms with Crippen LogP contribution in [0.3, 0.4) is 0 Å². The van der Waals surface area contributed by atoms with Crippen molar-refractivity contribution in [2.45, 2.75) is 13.0 Å². The summed E-state index contributed by atoms with van der Waals surface area (Å²) >= 11 is 0. The molecule has 2 rings (SSSR count). The van der Waals surface area contributed by atoms with Gasteiger partial charge in [-0.3, -0.25) is 0 Å². The maximum absolute atomic E-state index is 14.3. The fraction of sp³-hybridized carbons (Fsp3) is 0.235. The van der Waals surface area contributed by atoms with Crippen LogP contribution >= 0.6 is 0 Å². The van der Waals surface area contributed by atoms with E-state index >= 15 is 0 Å². The number of hydrogen-bond acceptors (Lipinski definition) is 3. The van der Waals surface area contributed by atoms with Crippen LogP contribution in [0, 0.1) is 17.1 Å². The van der Waals surface area contributed by atoms with Crippen molar-refractivity contribution in [3.63, 3.8) is 0 Å². The zero-order chi connectivity index (χ0) is 15.4. The third-order valence-electron chi connectivity index (χ3n) is 3.64. The van der Waals surface area contributed by atoms with E-state index in [1.807, 2.05) is 39.2 Å². The molecule has 21 heavy (non-hydrogen) atoms. The van der Waals surface area contributed by atoms with Crippen molar-refractivity contribution in [2.24, 2.45) is 0 Å². The van der Waals surface area contributed by atoms with Crippen LogP contribution in [0.4, 0.5) is 15.8 Å². The van der Waals surface area contributed by atoms with E-state index < -0.39 is 0 Å². The topological polar surface area (TPSA) is 39.1 Å². The largest absolute Gasteiger partial charge is 0.342 e. The molecule has 1 N–H and O–H groups in total. The molecule has 0 aliphatic rings. The first-order valence-corrected chi connectivity index (χ1v) is 6.78. The fourth-order valence-corrected chi connectivity index (χ4v) is 2.28. The van der Waals surface area contributed by atoms with Gasteiger partial charge >= 0.3 is 0 Å². The van der Waals surface area contributed by atoms with Crippen molar-refractivity contribution >= 4 is 11.4 Å². The van der Waals surface area contributed by atoms with Crippen LogP contribution in [-0.4, -0.2) is 14.1 Å². The Hall–Kier alpha value is -2.38. The molecular formula is C17H18FN3. The van der Waals surface area contributed by atoms with Gasteiger partial charge in [-0.25, -0.2) is 4.39 Å². The lowest BCUT2D eigenvalue weighted by molar-refractivity contribution is 0.608. The summed E-state index contributed by atoms with van der Waals surface area (Å²) in [4.78, 5) is 1.81. The minimum absolute atomic E-state index is 0.0385. The maximum Gasteiger partial charge on any atom is 0.147 e. The van der Waals surface area contributed by atoms with Crippen molar-refractivity contribution in [1.82, 2.24) is 5.32 Å². The lowest BCUT2D eigenvalue weighted by Crippen LogP contribution is -2.19. The van der Waals surface area contributed by atoms with Gasteiger partial charge in [0.1, 0.15) is 5.82 Å². The van der Waals surface area contributed by atoms with Gasteiger partial charge in [0.25, 0.3) is 0 Å². The molecular weight excluding hydrogens is 265 g/mol. The Morgan fingerprint density at radius 1 is 1.19 bits per heavy atom. The molecule has 0 heterocycles. The quantitative estimate of drug-likeness (QED) is 0.929. The van der Waals surface area contributed by atoms with Gasteiger partial charge in [0.05, 0.1) is 17.3 Å². The summed E-state index contributed by atoms with van der Waals surface area (Å²) in [6, 6.07) is 14.3. The van der Waals surface area contributed by atoms with Crippen LogP contribution in [0.25, 0.3) is 0 Å². The molecule has 0 bridgehead atoms. The highest BCUT2D eigenvalue weighted by Crippen LogP contribution is 2.33. The summed E-state index contributed by atoms with van der Waals surface area (Å²) in [5.74, 6) is -0.263. The van der Waals surface area contributed by atoms with Crippen LogP contribution in [0.5, 0.6) is 0 Å². The molecule has 1 atom stereocenters. The number of halogens is 1. The van der Waals surface area contributed by atoms with Crippen molar-refractivity contribution in [1.29, 1.82) is 5.26 Å². The first-order valence-electron chi connectivity index (χ1n) is 6.78. The number of para-hydroxylation sites is 1. The standard InChI is InChI=1S/C17H18FN3/c1-12(20-2)15-5-4-6-16(18)17(15)21(3)14-9-7-13(11-19)8-10-14/h4-10,12,20H,1-3H3. The molecule has 0 aliphatic heterocycles. The van der Waals surface area contributed by atoms with E-state index in [0.717, 1.165) is 11.3 Å². The highest BCUT2D eigenvalue weighted by molar-refractivity contribution is 5.67. The highest BCUT2D eigenvalue weighted by atomic mass is 19.1. The van der Waals surface area contributed by atoms with Gasteiger partial charge in [-0.2, -0.15) is 5.26 Å². The van der Waals surface area contributed by atoms with Gasteiger partial charge in [0, 0.05) is 18.8 Å². The average Bonchev–Trinajstić information content (AvgIpc) is 2.53. The van der Waals surface area contributed by atoms with Gasteiger partial charge in [-0.15, -0.1) is 0 Å². The summed E-state index contributed by atoms with van der Waals surface area (Å²) in [5, 5.41) is 12.0. The summed E-state index contributed by atoms with van der Waals surface area (Å²) in [5.41, 5.74) is 2.86. The third-order valence-corrected chi connectivity index (χ3v) is 3.64. The molecule has 0 saturated heterocycles. The molecule has 4 heteroatoms. The maximum atomic E-state index is 14.3. The molecule has 0 fully saturated rings. The van der Waals surface area contributed by atoms with Crippen molar-refractivity contribution in [2.75, 3.05) is 19.0 Å². The van der Waals surface area contributed by atoms with E-state index in [0.29, 0.717) is 11.3 Å². The lowest BCUT2D eigenvalue weighted by atomic mass is 10.0. The predicted molar refractivity (Wildman–Crippen MR) is 83.1 cm³/mol. The molecule has 0 aromatic heterocycles. The molecule has 0 amide bonds. The zero-order valence-electron chi connectivity index (χ0n) is 12.4. The van der Waals surface area contributed by atoms with E-state index in [4.69, 9.17) is 5.26 Å². The van der Waals surface area contributed by atoms with Crippen LogP contribution in [0.2, 0.25) is 0 Å². The minimum atomic E-state index is -0.263. The van der Waals surface area contributed by atoms with Crippen LogP contribution < -0.4 is 10.2 Å². The minimum Gasteiger partial charge on any atom is -0.342 e. The van der Waals surface area contributed by atoms with Crippen LogP contribution in [0.15, 0.2) is 42.5 Å². The second-order valence-electron chi connectivity index (χ2n) is 4.91.